The minimum Gasteiger partial charge on any atom is -0.494 e. The van der Waals surface area contributed by atoms with Gasteiger partial charge in [0.15, 0.2) is 0 Å². The zero-order valence-electron chi connectivity index (χ0n) is 17.4. The monoisotopic (exact) mass is 443 g/mol. The molecular weight excluding hydrogens is 422 g/mol. The number of nitrogens with zero attached hydrogens (tertiary/aromatic N) is 1. The Morgan fingerprint density at radius 3 is 2.12 bits per heavy atom. The summed E-state index contributed by atoms with van der Waals surface area (Å²) >= 11 is 0. The smallest absolute Gasteiger partial charge is 0.206 e. The molecule has 0 fully saturated rings. The summed E-state index contributed by atoms with van der Waals surface area (Å²) in [5.41, 5.74) is 1.22. The van der Waals surface area contributed by atoms with E-state index in [2.05, 4.69) is 4.99 Å². The molecule has 160 valence electrons. The maximum atomic E-state index is 13.0. The molecule has 0 bridgehead atoms. The quantitative estimate of drug-likeness (QED) is 0.325. The van der Waals surface area contributed by atoms with Crippen LogP contribution >= 0.6 is 0 Å². The first kappa shape index (κ1) is 21.3. The predicted molar refractivity (Wildman–Crippen MR) is 125 cm³/mol. The average Bonchev–Trinajstić information content (AvgIpc) is 2.84. The van der Waals surface area contributed by atoms with E-state index in [1.165, 1.54) is 19.2 Å². The molecule has 4 rings (SSSR count). The van der Waals surface area contributed by atoms with Gasteiger partial charge in [-0.05, 0) is 60.2 Å². The fourth-order valence-electron chi connectivity index (χ4n) is 3.10. The third kappa shape index (κ3) is 4.87. The first-order valence-corrected chi connectivity index (χ1v) is 11.4. The van der Waals surface area contributed by atoms with Crippen LogP contribution in [0.1, 0.15) is 5.56 Å². The summed E-state index contributed by atoms with van der Waals surface area (Å²) in [6, 6.07) is 29.9. The highest BCUT2D eigenvalue weighted by atomic mass is 32.2. The van der Waals surface area contributed by atoms with Crippen molar-refractivity contribution < 1.29 is 17.9 Å². The van der Waals surface area contributed by atoms with Crippen molar-refractivity contribution in [2.75, 3.05) is 7.11 Å². The molecule has 0 spiro atoms. The average molecular weight is 444 g/mol. The molecule has 0 unspecified atom stereocenters. The van der Waals surface area contributed by atoms with E-state index in [1.54, 1.807) is 42.6 Å². The van der Waals surface area contributed by atoms with E-state index in [0.717, 1.165) is 11.3 Å². The van der Waals surface area contributed by atoms with E-state index in [4.69, 9.17) is 9.47 Å². The van der Waals surface area contributed by atoms with Crippen LogP contribution in [-0.4, -0.2) is 21.7 Å². The van der Waals surface area contributed by atoms with E-state index >= 15 is 0 Å². The summed E-state index contributed by atoms with van der Waals surface area (Å²) in [4.78, 5) is 4.87. The topological polar surface area (TPSA) is 65.0 Å². The molecule has 0 amide bonds. The van der Waals surface area contributed by atoms with Gasteiger partial charge in [-0.3, -0.25) is 4.99 Å². The maximum Gasteiger partial charge on any atom is 0.206 e. The second-order valence-corrected chi connectivity index (χ2v) is 8.85. The molecule has 5 nitrogen and oxygen atoms in total. The van der Waals surface area contributed by atoms with E-state index in [9.17, 15) is 8.42 Å². The highest BCUT2D eigenvalue weighted by Crippen LogP contribution is 2.32. The molecule has 0 aromatic heterocycles. The molecule has 4 aromatic rings. The summed E-state index contributed by atoms with van der Waals surface area (Å²) < 4.78 is 37.2. The van der Waals surface area contributed by atoms with Gasteiger partial charge in [0, 0.05) is 6.21 Å². The third-order valence-corrected chi connectivity index (χ3v) is 6.47. The van der Waals surface area contributed by atoms with Gasteiger partial charge in [0.05, 0.1) is 16.9 Å². The number of sulfone groups is 1. The fraction of sp³-hybridized carbons (Fsp3) is 0.0385. The number of hydrogen-bond donors (Lipinski definition) is 0. The van der Waals surface area contributed by atoms with Crippen molar-refractivity contribution in [3.63, 3.8) is 0 Å². The molecule has 0 aliphatic heterocycles. The third-order valence-electron chi connectivity index (χ3n) is 4.70. The minimum atomic E-state index is -3.66. The fourth-order valence-corrected chi connectivity index (χ4v) is 4.40. The SMILES string of the molecule is COc1ccc(S(=O)(=O)c2ccccc2)cc1N=Cc1cccc(Oc2ccccc2)c1. The highest BCUT2D eigenvalue weighted by Gasteiger charge is 2.19. The van der Waals surface area contributed by atoms with Gasteiger partial charge in [0.1, 0.15) is 22.9 Å². The molecule has 4 aromatic carbocycles. The summed E-state index contributed by atoms with van der Waals surface area (Å²) in [7, 11) is -2.14. The Kier molecular flexibility index (Phi) is 6.33. The molecule has 0 N–H and O–H groups in total. The first-order chi connectivity index (χ1) is 15.6. The van der Waals surface area contributed by atoms with Crippen LogP contribution < -0.4 is 9.47 Å². The van der Waals surface area contributed by atoms with Crippen molar-refractivity contribution in [1.82, 2.24) is 0 Å². The lowest BCUT2D eigenvalue weighted by molar-refractivity contribution is 0.416. The van der Waals surface area contributed by atoms with E-state index in [1.807, 2.05) is 54.6 Å². The standard InChI is InChI=1S/C26H21NO4S/c1-30-26-16-15-24(32(28,29)23-13-6-3-7-14-23)18-25(26)27-19-20-9-8-12-22(17-20)31-21-10-4-2-5-11-21/h2-19H,1H3. The van der Waals surface area contributed by atoms with Gasteiger partial charge >= 0.3 is 0 Å². The molecule has 0 heterocycles. The molecule has 32 heavy (non-hydrogen) atoms. The van der Waals surface area contributed by atoms with Gasteiger partial charge in [0.2, 0.25) is 9.84 Å². The summed E-state index contributed by atoms with van der Waals surface area (Å²) in [6.07, 6.45) is 1.65. The van der Waals surface area contributed by atoms with Crippen molar-refractivity contribution >= 4 is 21.7 Å². The van der Waals surface area contributed by atoms with Crippen LogP contribution in [-0.2, 0) is 9.84 Å². The van der Waals surface area contributed by atoms with Crippen molar-refractivity contribution in [2.45, 2.75) is 9.79 Å². The molecule has 0 atom stereocenters. The lowest BCUT2D eigenvalue weighted by Gasteiger charge is -2.09. The van der Waals surface area contributed by atoms with E-state index in [0.29, 0.717) is 17.2 Å². The highest BCUT2D eigenvalue weighted by molar-refractivity contribution is 7.91. The summed E-state index contributed by atoms with van der Waals surface area (Å²) in [6.45, 7) is 0. The Morgan fingerprint density at radius 2 is 1.41 bits per heavy atom. The zero-order chi connectivity index (χ0) is 22.4. The number of para-hydroxylation sites is 1. The number of aliphatic imine (C=N–C) groups is 1. The van der Waals surface area contributed by atoms with Gasteiger partial charge in [-0.2, -0.15) is 0 Å². The maximum absolute atomic E-state index is 13.0. The predicted octanol–water partition coefficient (Wildman–Crippen LogP) is 6.07. The van der Waals surface area contributed by atoms with Crippen molar-refractivity contribution in [2.24, 2.45) is 4.99 Å². The minimum absolute atomic E-state index is 0.151. The van der Waals surface area contributed by atoms with Crippen LogP contribution in [0, 0.1) is 0 Å². The van der Waals surface area contributed by atoms with E-state index in [-0.39, 0.29) is 9.79 Å². The normalized spacial score (nSPS) is 11.4. The lowest BCUT2D eigenvalue weighted by Crippen LogP contribution is -2.01. The second-order valence-electron chi connectivity index (χ2n) is 6.90. The van der Waals surface area contributed by atoms with Crippen molar-refractivity contribution in [3.05, 3.63) is 109 Å². The molecule has 0 radical (unpaired) electrons. The Labute approximate surface area is 187 Å². The number of methoxy groups -OCH3 is 1. The Morgan fingerprint density at radius 1 is 0.719 bits per heavy atom. The first-order valence-electron chi connectivity index (χ1n) is 9.91. The Hall–Kier alpha value is -3.90. The number of hydrogen-bond acceptors (Lipinski definition) is 5. The largest absolute Gasteiger partial charge is 0.494 e. The summed E-state index contributed by atoms with van der Waals surface area (Å²) in [5.74, 6) is 1.89. The van der Waals surface area contributed by atoms with Gasteiger partial charge in [0.25, 0.3) is 0 Å². The van der Waals surface area contributed by atoms with Gasteiger partial charge in [-0.15, -0.1) is 0 Å². The number of ether oxygens (including phenoxy) is 2. The molecule has 0 aliphatic rings. The summed E-state index contributed by atoms with van der Waals surface area (Å²) in [5, 5.41) is 0. The molecule has 0 aliphatic carbocycles. The number of benzene rings is 4. The van der Waals surface area contributed by atoms with Crippen LogP contribution in [0.2, 0.25) is 0 Å². The van der Waals surface area contributed by atoms with Crippen LogP contribution in [0.15, 0.2) is 118 Å². The van der Waals surface area contributed by atoms with Gasteiger partial charge in [-0.25, -0.2) is 8.42 Å². The van der Waals surface area contributed by atoms with Crippen LogP contribution in [0.4, 0.5) is 5.69 Å². The van der Waals surface area contributed by atoms with Crippen molar-refractivity contribution in [3.8, 4) is 17.2 Å². The van der Waals surface area contributed by atoms with Crippen LogP contribution in [0.25, 0.3) is 0 Å². The second kappa shape index (κ2) is 9.49. The molecule has 0 saturated heterocycles. The Bertz CT molecular complexity index is 1330. The van der Waals surface area contributed by atoms with Crippen molar-refractivity contribution in [1.29, 1.82) is 0 Å². The lowest BCUT2D eigenvalue weighted by atomic mass is 10.2. The van der Waals surface area contributed by atoms with E-state index < -0.39 is 9.84 Å². The zero-order valence-corrected chi connectivity index (χ0v) is 18.2. The van der Waals surface area contributed by atoms with Crippen LogP contribution in [0.3, 0.4) is 0 Å². The van der Waals surface area contributed by atoms with Crippen LogP contribution in [0.5, 0.6) is 17.2 Å². The molecule has 0 saturated carbocycles. The van der Waals surface area contributed by atoms with Gasteiger partial charge < -0.3 is 9.47 Å². The molecular formula is C26H21NO4S. The number of rotatable bonds is 7. The Balaban J connectivity index is 1.63. The van der Waals surface area contributed by atoms with Gasteiger partial charge in [-0.1, -0.05) is 48.5 Å². The molecule has 6 heteroatoms.